The Morgan fingerprint density at radius 1 is 0.975 bits per heavy atom. The van der Waals surface area contributed by atoms with E-state index in [0.717, 1.165) is 0 Å². The van der Waals surface area contributed by atoms with Crippen LogP contribution in [0.5, 0.6) is 5.75 Å². The van der Waals surface area contributed by atoms with Crippen LogP contribution in [-0.2, 0) is 4.79 Å². The van der Waals surface area contributed by atoms with Gasteiger partial charge >= 0.3 is 6.09 Å². The third-order valence-corrected chi connectivity index (χ3v) is 7.96. The Kier molecular flexibility index (Phi) is 8.16. The number of pyridine rings is 1. The van der Waals surface area contributed by atoms with Crippen molar-refractivity contribution < 1.29 is 27.5 Å². The fraction of sp³-hybridized carbons (Fsp3) is 0.345. The summed E-state index contributed by atoms with van der Waals surface area (Å²) in [5.74, 6) is -1.24. The molecule has 0 radical (unpaired) electrons. The third kappa shape index (κ3) is 6.01. The minimum atomic E-state index is -0.676. The number of likely N-dealkylation sites (tertiary alicyclic amines) is 1. The highest BCUT2D eigenvalue weighted by molar-refractivity contribution is 6.30. The number of amides is 2. The summed E-state index contributed by atoms with van der Waals surface area (Å²) >= 11 is 5.90. The molecule has 2 atom stereocenters. The Labute approximate surface area is 235 Å². The van der Waals surface area contributed by atoms with Crippen molar-refractivity contribution in [1.82, 2.24) is 14.8 Å². The maximum atomic E-state index is 14.4. The summed E-state index contributed by atoms with van der Waals surface area (Å²) in [4.78, 5) is 35.9. The minimum Gasteiger partial charge on any atom is -0.410 e. The molecule has 2 aliphatic heterocycles. The number of carbonyl (C=O) groups excluding carboxylic acids is 2. The lowest BCUT2D eigenvalue weighted by atomic mass is 9.93. The maximum Gasteiger partial charge on any atom is 0.415 e. The number of rotatable bonds is 5. The van der Waals surface area contributed by atoms with Crippen LogP contribution >= 0.6 is 11.6 Å². The molecule has 2 fully saturated rings. The highest BCUT2D eigenvalue weighted by atomic mass is 35.5. The summed E-state index contributed by atoms with van der Waals surface area (Å²) < 4.78 is 46.4. The molecule has 2 saturated heterocycles. The van der Waals surface area contributed by atoms with Gasteiger partial charge in [-0.1, -0.05) is 17.7 Å². The molecule has 7 nitrogen and oxygen atoms in total. The van der Waals surface area contributed by atoms with Gasteiger partial charge in [0.2, 0.25) is 5.91 Å². The Balaban J connectivity index is 1.30. The second-order valence-electron chi connectivity index (χ2n) is 10.1. The molecule has 2 aliphatic rings. The van der Waals surface area contributed by atoms with Gasteiger partial charge in [-0.05, 0) is 66.9 Å². The summed E-state index contributed by atoms with van der Waals surface area (Å²) in [5.41, 5.74) is 0.612. The van der Waals surface area contributed by atoms with Crippen molar-refractivity contribution in [1.29, 1.82) is 0 Å². The first-order valence-corrected chi connectivity index (χ1v) is 13.4. The van der Waals surface area contributed by atoms with E-state index < -0.39 is 29.6 Å². The number of likely N-dealkylation sites (N-methyl/N-ethyl adjacent to an activating group) is 1. The van der Waals surface area contributed by atoms with Gasteiger partial charge in [-0.2, -0.15) is 0 Å². The van der Waals surface area contributed by atoms with Gasteiger partial charge in [0.05, 0.1) is 17.3 Å². The molecule has 2 aromatic carbocycles. The van der Waals surface area contributed by atoms with E-state index in [1.807, 2.05) is 4.90 Å². The molecule has 0 N–H and O–H groups in total. The number of piperidine rings is 1. The lowest BCUT2D eigenvalue weighted by Crippen LogP contribution is -2.45. The van der Waals surface area contributed by atoms with Crippen LogP contribution < -0.4 is 9.64 Å². The predicted octanol–water partition coefficient (Wildman–Crippen LogP) is 5.49. The molecule has 0 bridgehead atoms. The number of ether oxygens (including phenoxy) is 1. The Morgan fingerprint density at radius 3 is 2.33 bits per heavy atom. The molecular weight excluding hydrogens is 545 g/mol. The maximum absolute atomic E-state index is 14.4. The topological polar surface area (TPSA) is 66.0 Å². The summed E-state index contributed by atoms with van der Waals surface area (Å²) in [7, 11) is 1.57. The van der Waals surface area contributed by atoms with Crippen LogP contribution in [0.3, 0.4) is 0 Å². The van der Waals surface area contributed by atoms with Gasteiger partial charge in [0.1, 0.15) is 29.0 Å². The first-order chi connectivity index (χ1) is 19.2. The number of carbonyl (C=O) groups is 2. The molecule has 5 rings (SSSR count). The molecule has 210 valence electrons. The second kappa shape index (κ2) is 11.8. The van der Waals surface area contributed by atoms with E-state index in [1.54, 1.807) is 24.1 Å². The van der Waals surface area contributed by atoms with Crippen molar-refractivity contribution in [2.45, 2.75) is 24.8 Å². The average molecular weight is 573 g/mol. The zero-order chi connectivity index (χ0) is 28.4. The van der Waals surface area contributed by atoms with Crippen LogP contribution in [0, 0.1) is 23.4 Å². The fourth-order valence-electron chi connectivity index (χ4n) is 5.41. The first kappa shape index (κ1) is 27.8. The van der Waals surface area contributed by atoms with Crippen molar-refractivity contribution in [3.05, 3.63) is 88.8 Å². The van der Waals surface area contributed by atoms with Crippen molar-refractivity contribution >= 4 is 29.4 Å². The number of aromatic nitrogens is 1. The van der Waals surface area contributed by atoms with Crippen LogP contribution in [0.15, 0.2) is 60.8 Å². The fourth-order valence-corrected chi connectivity index (χ4v) is 5.53. The lowest BCUT2D eigenvalue weighted by Gasteiger charge is -2.34. The van der Waals surface area contributed by atoms with E-state index in [-0.39, 0.29) is 35.1 Å². The zero-order valence-corrected chi connectivity index (χ0v) is 22.5. The summed E-state index contributed by atoms with van der Waals surface area (Å²) in [6.07, 6.45) is 1.70. The SMILES string of the molecule is CN(C(=O)Oc1ccc(F)cc1)C1CN(C(=O)C2CCN(c3ccc(F)cn3)CC2)C[C@H]1c1ccc(Cl)c(F)c1. The van der Waals surface area contributed by atoms with Gasteiger partial charge in [0, 0.05) is 45.1 Å². The summed E-state index contributed by atoms with van der Waals surface area (Å²) in [5, 5.41) is -0.0160. The summed E-state index contributed by atoms with van der Waals surface area (Å²) in [6, 6.07) is 12.1. The minimum absolute atomic E-state index is 0.0160. The second-order valence-corrected chi connectivity index (χ2v) is 10.5. The number of hydrogen-bond acceptors (Lipinski definition) is 5. The number of benzene rings is 2. The van der Waals surface area contributed by atoms with Gasteiger partial charge in [0.15, 0.2) is 0 Å². The van der Waals surface area contributed by atoms with Gasteiger partial charge in [-0.25, -0.2) is 22.9 Å². The molecule has 3 aromatic rings. The number of nitrogens with zero attached hydrogens (tertiary/aromatic N) is 4. The monoisotopic (exact) mass is 572 g/mol. The highest BCUT2D eigenvalue weighted by Crippen LogP contribution is 2.35. The lowest BCUT2D eigenvalue weighted by molar-refractivity contribution is -0.135. The number of anilines is 1. The van der Waals surface area contributed by atoms with Crippen LogP contribution in [0.4, 0.5) is 23.8 Å². The van der Waals surface area contributed by atoms with E-state index >= 15 is 0 Å². The Morgan fingerprint density at radius 2 is 1.68 bits per heavy atom. The molecule has 0 aliphatic carbocycles. The Hall–Kier alpha value is -3.79. The van der Waals surface area contributed by atoms with Crippen molar-refractivity contribution in [2.24, 2.45) is 5.92 Å². The van der Waals surface area contributed by atoms with E-state index in [2.05, 4.69) is 4.98 Å². The smallest absolute Gasteiger partial charge is 0.410 e. The molecule has 0 saturated carbocycles. The molecule has 3 heterocycles. The molecule has 11 heteroatoms. The zero-order valence-electron chi connectivity index (χ0n) is 21.8. The van der Waals surface area contributed by atoms with E-state index in [9.17, 15) is 22.8 Å². The largest absolute Gasteiger partial charge is 0.415 e. The normalized spacial score (nSPS) is 19.5. The average Bonchev–Trinajstić information content (AvgIpc) is 3.41. The van der Waals surface area contributed by atoms with E-state index in [4.69, 9.17) is 16.3 Å². The third-order valence-electron chi connectivity index (χ3n) is 7.66. The molecular formula is C29H28ClF3N4O3. The van der Waals surface area contributed by atoms with Gasteiger partial charge in [-0.15, -0.1) is 0 Å². The van der Waals surface area contributed by atoms with Gasteiger partial charge < -0.3 is 19.4 Å². The predicted molar refractivity (Wildman–Crippen MR) is 144 cm³/mol. The number of hydrogen-bond donors (Lipinski definition) is 0. The highest BCUT2D eigenvalue weighted by Gasteiger charge is 2.42. The van der Waals surface area contributed by atoms with E-state index in [0.29, 0.717) is 43.9 Å². The standard InChI is InChI=1S/C29H28ClF3N4O3/c1-35(29(39)40-22-6-3-20(31)4-7-22)26-17-37(16-23(26)19-2-8-24(30)25(33)14-19)28(38)18-10-12-36(13-11-18)27-9-5-21(32)15-34-27/h2-9,14-15,18,23,26H,10-13,16-17H2,1H3/t23-,26?/m0/s1. The molecule has 1 aromatic heterocycles. The van der Waals surface area contributed by atoms with Crippen LogP contribution in [0.25, 0.3) is 0 Å². The molecule has 40 heavy (non-hydrogen) atoms. The Bertz CT molecular complexity index is 1370. The van der Waals surface area contributed by atoms with Gasteiger partial charge in [0.25, 0.3) is 0 Å². The molecule has 1 unspecified atom stereocenters. The van der Waals surface area contributed by atoms with Crippen molar-refractivity contribution in [3.63, 3.8) is 0 Å². The van der Waals surface area contributed by atoms with Crippen molar-refractivity contribution in [2.75, 3.05) is 38.1 Å². The quantitative estimate of drug-likeness (QED) is 0.404. The first-order valence-electron chi connectivity index (χ1n) is 13.0. The van der Waals surface area contributed by atoms with E-state index in [1.165, 1.54) is 53.6 Å². The summed E-state index contributed by atoms with van der Waals surface area (Å²) in [6.45, 7) is 1.73. The van der Waals surface area contributed by atoms with Crippen LogP contribution in [0.2, 0.25) is 5.02 Å². The molecule has 0 spiro atoms. The van der Waals surface area contributed by atoms with Crippen LogP contribution in [-0.4, -0.2) is 66.1 Å². The van der Waals surface area contributed by atoms with Crippen LogP contribution in [0.1, 0.15) is 24.3 Å². The number of halogens is 4. The van der Waals surface area contributed by atoms with Gasteiger partial charge in [-0.3, -0.25) is 4.79 Å². The van der Waals surface area contributed by atoms with Crippen molar-refractivity contribution in [3.8, 4) is 5.75 Å². The molecule has 2 amide bonds.